The lowest BCUT2D eigenvalue weighted by molar-refractivity contribution is -0.452. The molecule has 16 heteroatoms. The molecule has 0 atom stereocenters. The number of hydrogen-bond acceptors (Lipinski definition) is 16. The minimum absolute atomic E-state index is 0.0183. The van der Waals surface area contributed by atoms with Crippen LogP contribution in [0.4, 0.5) is 9.59 Å². The van der Waals surface area contributed by atoms with Gasteiger partial charge in [0.1, 0.15) is 34.1 Å². The van der Waals surface area contributed by atoms with E-state index in [2.05, 4.69) is 29.6 Å². The van der Waals surface area contributed by atoms with E-state index in [0.29, 0.717) is 25.7 Å². The molecule has 0 bridgehead atoms. The standard InChI is InChI=1S/C26H30O16/c1-31-17-11-9-12-18(32-2)21(17)23(27)37-41-39-25(29)35-15-7-5-6-8-16-36-26(30)40-42-38-24(28)22-19(33-3)13-10-14-20(22)34-4/h9-14H,5-8,15-16H2,1-4H3. The molecule has 0 N–H and O–H groups in total. The number of carbonyl (C=O) groups is 4. The van der Waals surface area contributed by atoms with Gasteiger partial charge in [-0.15, -0.1) is 0 Å². The van der Waals surface area contributed by atoms with Crippen LogP contribution in [-0.2, 0) is 39.1 Å². The van der Waals surface area contributed by atoms with Gasteiger partial charge in [0.05, 0.1) is 51.7 Å². The minimum atomic E-state index is -1.23. The van der Waals surface area contributed by atoms with E-state index in [1.165, 1.54) is 52.7 Å². The summed E-state index contributed by atoms with van der Waals surface area (Å²) in [5, 5.41) is 8.37. The Hall–Kier alpha value is -4.96. The van der Waals surface area contributed by atoms with Gasteiger partial charge in [-0.2, -0.15) is 0 Å². The Labute approximate surface area is 239 Å². The summed E-state index contributed by atoms with van der Waals surface area (Å²) in [5.41, 5.74) is -0.143. The normalized spacial score (nSPS) is 10.1. The fourth-order valence-electron chi connectivity index (χ4n) is 3.26. The molecule has 2 aromatic carbocycles. The van der Waals surface area contributed by atoms with Crippen molar-refractivity contribution in [3.8, 4) is 23.0 Å². The number of unbranched alkanes of at least 4 members (excludes halogenated alkanes) is 3. The SMILES string of the molecule is COc1cccc(OC)c1C(=O)OOOC(=O)OCCCCCCOC(=O)OOOC(=O)c1c(OC)cccc1OC. The third kappa shape index (κ3) is 10.5. The summed E-state index contributed by atoms with van der Waals surface area (Å²) in [6, 6.07) is 9.21. The first-order valence-corrected chi connectivity index (χ1v) is 12.2. The van der Waals surface area contributed by atoms with E-state index < -0.39 is 24.2 Å². The molecule has 2 aromatic rings. The Bertz CT molecular complexity index is 1040. The second-order valence-electron chi connectivity index (χ2n) is 7.73. The lowest BCUT2D eigenvalue weighted by Gasteiger charge is -2.10. The van der Waals surface area contributed by atoms with Crippen molar-refractivity contribution in [3.63, 3.8) is 0 Å². The zero-order valence-corrected chi connectivity index (χ0v) is 23.2. The van der Waals surface area contributed by atoms with Crippen molar-refractivity contribution < 1.29 is 77.2 Å². The number of hydrogen-bond donors (Lipinski definition) is 0. The zero-order valence-electron chi connectivity index (χ0n) is 23.2. The van der Waals surface area contributed by atoms with Crippen LogP contribution in [0, 0.1) is 0 Å². The second-order valence-corrected chi connectivity index (χ2v) is 7.73. The Morgan fingerprint density at radius 1 is 0.500 bits per heavy atom. The molecule has 16 nitrogen and oxygen atoms in total. The first kappa shape index (κ1) is 33.2. The number of benzene rings is 2. The summed E-state index contributed by atoms with van der Waals surface area (Å²) in [4.78, 5) is 64.8. The van der Waals surface area contributed by atoms with Crippen molar-refractivity contribution in [2.45, 2.75) is 25.7 Å². The van der Waals surface area contributed by atoms with Crippen LogP contribution in [0.25, 0.3) is 0 Å². The molecule has 0 fully saturated rings. The second kappa shape index (κ2) is 18.4. The molecule has 0 amide bonds. The van der Waals surface area contributed by atoms with Crippen LogP contribution in [0.5, 0.6) is 23.0 Å². The van der Waals surface area contributed by atoms with Crippen LogP contribution in [0.15, 0.2) is 36.4 Å². The van der Waals surface area contributed by atoms with E-state index in [0.717, 1.165) is 0 Å². The van der Waals surface area contributed by atoms with Crippen LogP contribution < -0.4 is 18.9 Å². The van der Waals surface area contributed by atoms with Crippen LogP contribution in [0.3, 0.4) is 0 Å². The smallest absolute Gasteiger partial charge is 0.496 e. The van der Waals surface area contributed by atoms with Crippen LogP contribution >= 0.6 is 0 Å². The minimum Gasteiger partial charge on any atom is -0.496 e. The van der Waals surface area contributed by atoms with Crippen molar-refractivity contribution in [3.05, 3.63) is 47.5 Å². The summed E-state index contributed by atoms with van der Waals surface area (Å²) in [6.45, 7) is -0.0366. The number of rotatable bonds is 17. The van der Waals surface area contributed by atoms with E-state index in [-0.39, 0.29) is 47.3 Å². The Morgan fingerprint density at radius 3 is 1.14 bits per heavy atom. The van der Waals surface area contributed by atoms with E-state index >= 15 is 0 Å². The first-order chi connectivity index (χ1) is 20.4. The van der Waals surface area contributed by atoms with Crippen molar-refractivity contribution in [2.75, 3.05) is 41.7 Å². The largest absolute Gasteiger partial charge is 0.543 e. The molecular formula is C26H30O16. The van der Waals surface area contributed by atoms with E-state index in [1.54, 1.807) is 12.1 Å². The van der Waals surface area contributed by atoms with Gasteiger partial charge in [0.25, 0.3) is 0 Å². The summed E-state index contributed by atoms with van der Waals surface area (Å²) in [7, 11) is 5.39. The van der Waals surface area contributed by atoms with Crippen LogP contribution in [0.1, 0.15) is 46.4 Å². The van der Waals surface area contributed by atoms with E-state index in [1.807, 2.05) is 0 Å². The molecule has 230 valence electrons. The van der Waals surface area contributed by atoms with Gasteiger partial charge in [0, 0.05) is 0 Å². The Balaban J connectivity index is 1.51. The molecule has 0 aliphatic carbocycles. The fraction of sp³-hybridized carbons (Fsp3) is 0.385. The van der Waals surface area contributed by atoms with Crippen molar-refractivity contribution in [1.29, 1.82) is 0 Å². The molecule has 0 saturated carbocycles. The van der Waals surface area contributed by atoms with Crippen molar-refractivity contribution in [1.82, 2.24) is 0 Å². The summed E-state index contributed by atoms with van der Waals surface area (Å²) in [5.74, 6) is -1.41. The zero-order chi connectivity index (χ0) is 30.7. The Morgan fingerprint density at radius 2 is 0.833 bits per heavy atom. The molecule has 0 saturated heterocycles. The van der Waals surface area contributed by atoms with Gasteiger partial charge in [0.2, 0.25) is 0 Å². The molecular weight excluding hydrogens is 568 g/mol. The molecule has 0 spiro atoms. The summed E-state index contributed by atoms with van der Waals surface area (Å²) in [6.07, 6.45) is -0.364. The molecule has 0 aliphatic rings. The third-order valence-electron chi connectivity index (χ3n) is 5.17. The van der Waals surface area contributed by atoms with Crippen LogP contribution in [0.2, 0.25) is 0 Å². The lowest BCUT2D eigenvalue weighted by Crippen LogP contribution is -2.14. The molecule has 0 aromatic heterocycles. The number of ether oxygens (including phenoxy) is 6. The highest BCUT2D eigenvalue weighted by Gasteiger charge is 2.23. The molecule has 0 radical (unpaired) electrons. The van der Waals surface area contributed by atoms with Gasteiger partial charge in [-0.1, -0.05) is 12.1 Å². The monoisotopic (exact) mass is 598 g/mol. The molecule has 0 heterocycles. The predicted molar refractivity (Wildman–Crippen MR) is 135 cm³/mol. The molecule has 0 unspecified atom stereocenters. The van der Waals surface area contributed by atoms with E-state index in [9.17, 15) is 19.2 Å². The number of methoxy groups -OCH3 is 4. The Kier molecular flexibility index (Phi) is 14.6. The maximum atomic E-state index is 12.2. The maximum Gasteiger partial charge on any atom is 0.543 e. The average molecular weight is 599 g/mol. The quantitative estimate of drug-likeness (QED) is 0.109. The van der Waals surface area contributed by atoms with Gasteiger partial charge in [-0.25, -0.2) is 29.0 Å². The molecule has 42 heavy (non-hydrogen) atoms. The predicted octanol–water partition coefficient (Wildman–Crippen LogP) is 4.29. The van der Waals surface area contributed by atoms with Crippen molar-refractivity contribution >= 4 is 24.2 Å². The van der Waals surface area contributed by atoms with E-state index in [4.69, 9.17) is 28.4 Å². The van der Waals surface area contributed by atoms with Gasteiger partial charge in [-0.3, -0.25) is 9.78 Å². The van der Waals surface area contributed by atoms with Crippen molar-refractivity contribution in [2.24, 2.45) is 0 Å². The average Bonchev–Trinajstić information content (AvgIpc) is 3.00. The van der Waals surface area contributed by atoms with Gasteiger partial charge in [-0.05, 0) is 49.9 Å². The summed E-state index contributed by atoms with van der Waals surface area (Å²) >= 11 is 0. The fourth-order valence-corrected chi connectivity index (χ4v) is 3.26. The summed E-state index contributed by atoms with van der Waals surface area (Å²) < 4.78 is 29.8. The maximum absolute atomic E-state index is 12.2. The number of carbonyl (C=O) groups excluding carboxylic acids is 4. The lowest BCUT2D eigenvalue weighted by atomic mass is 10.2. The highest BCUT2D eigenvalue weighted by Crippen LogP contribution is 2.30. The molecule has 2 rings (SSSR count). The molecule has 0 aliphatic heterocycles. The van der Waals surface area contributed by atoms with Gasteiger partial charge in [0.15, 0.2) is 0 Å². The highest BCUT2D eigenvalue weighted by atomic mass is 17.5. The highest BCUT2D eigenvalue weighted by molar-refractivity contribution is 5.95. The topological polar surface area (TPSA) is 179 Å². The van der Waals surface area contributed by atoms with Gasteiger partial charge >= 0.3 is 24.2 Å². The van der Waals surface area contributed by atoms with Gasteiger partial charge < -0.3 is 28.4 Å². The third-order valence-corrected chi connectivity index (χ3v) is 5.17. The first-order valence-electron chi connectivity index (χ1n) is 12.2. The van der Waals surface area contributed by atoms with Crippen LogP contribution in [-0.4, -0.2) is 65.9 Å².